The molecule has 0 spiro atoms. The molecule has 0 bridgehead atoms. The SMILES string of the molecule is CC1CC2OC3=C(C(=O)C2CC1C)C(c1ccc(Cl)cc1)N(c1nccs1)C3=O. The number of nitrogens with zero attached hydrogens (tertiary/aromatic N) is 2. The van der Waals surface area contributed by atoms with Gasteiger partial charge in [0.05, 0.1) is 17.5 Å². The number of hydrogen-bond donors (Lipinski definition) is 0. The van der Waals surface area contributed by atoms with Crippen LogP contribution in [0.15, 0.2) is 47.2 Å². The van der Waals surface area contributed by atoms with E-state index >= 15 is 0 Å². The van der Waals surface area contributed by atoms with Gasteiger partial charge in [0.15, 0.2) is 16.7 Å². The molecule has 1 aromatic carbocycles. The number of thiazole rings is 1. The predicted octanol–water partition coefficient (Wildman–Crippen LogP) is 4.79. The molecule has 0 saturated heterocycles. The minimum atomic E-state index is -0.538. The molecule has 3 heterocycles. The zero-order valence-corrected chi connectivity index (χ0v) is 17.7. The van der Waals surface area contributed by atoms with Crippen LogP contribution in [0.3, 0.4) is 0 Å². The Bertz CT molecular complexity index is 1000. The number of carbonyl (C=O) groups excluding carboxylic acids is 2. The number of benzene rings is 1. The molecule has 3 aliphatic rings. The number of fused-ring (bicyclic) bond motifs is 1. The summed E-state index contributed by atoms with van der Waals surface area (Å²) in [6.45, 7) is 4.38. The fraction of sp³-hybridized carbons (Fsp3) is 0.409. The van der Waals surface area contributed by atoms with Crippen molar-refractivity contribution in [3.05, 3.63) is 57.8 Å². The van der Waals surface area contributed by atoms with Crippen molar-refractivity contribution in [1.29, 1.82) is 0 Å². The number of Topliss-reactive ketones (excluding diaryl/α,β-unsaturated/α-hetero) is 1. The summed E-state index contributed by atoms with van der Waals surface area (Å²) in [7, 11) is 0. The Labute approximate surface area is 178 Å². The molecule has 5 nitrogen and oxygen atoms in total. The molecule has 1 aliphatic carbocycles. The zero-order valence-electron chi connectivity index (χ0n) is 16.2. The van der Waals surface area contributed by atoms with E-state index in [1.54, 1.807) is 23.2 Å². The Kier molecular flexibility index (Phi) is 4.51. The van der Waals surface area contributed by atoms with Gasteiger partial charge in [0.2, 0.25) is 0 Å². The van der Waals surface area contributed by atoms with E-state index in [0.29, 0.717) is 27.6 Å². The first-order valence-electron chi connectivity index (χ1n) is 9.89. The summed E-state index contributed by atoms with van der Waals surface area (Å²) in [6, 6.07) is 6.75. The number of amides is 1. The molecule has 1 fully saturated rings. The van der Waals surface area contributed by atoms with Crippen LogP contribution in [-0.4, -0.2) is 22.8 Å². The molecule has 5 rings (SSSR count). The van der Waals surface area contributed by atoms with Gasteiger partial charge in [-0.15, -0.1) is 11.3 Å². The summed E-state index contributed by atoms with van der Waals surface area (Å²) >= 11 is 7.45. The molecule has 0 radical (unpaired) electrons. The summed E-state index contributed by atoms with van der Waals surface area (Å²) in [5.41, 5.74) is 1.30. The van der Waals surface area contributed by atoms with Crippen molar-refractivity contribution in [3.63, 3.8) is 0 Å². The van der Waals surface area contributed by atoms with Crippen LogP contribution in [0.1, 0.15) is 38.3 Å². The van der Waals surface area contributed by atoms with E-state index in [1.807, 2.05) is 17.5 Å². The molecule has 2 aromatic rings. The van der Waals surface area contributed by atoms with Crippen LogP contribution in [0.4, 0.5) is 5.13 Å². The summed E-state index contributed by atoms with van der Waals surface area (Å²) in [6.07, 6.45) is 3.03. The first kappa shape index (κ1) is 18.8. The lowest BCUT2D eigenvalue weighted by Crippen LogP contribution is -2.43. The van der Waals surface area contributed by atoms with Crippen molar-refractivity contribution < 1.29 is 14.3 Å². The van der Waals surface area contributed by atoms with Gasteiger partial charge < -0.3 is 4.74 Å². The van der Waals surface area contributed by atoms with Crippen LogP contribution in [0.5, 0.6) is 0 Å². The Morgan fingerprint density at radius 1 is 1.14 bits per heavy atom. The summed E-state index contributed by atoms with van der Waals surface area (Å²) < 4.78 is 6.24. The quantitative estimate of drug-likeness (QED) is 0.690. The van der Waals surface area contributed by atoms with Gasteiger partial charge >= 0.3 is 0 Å². The zero-order chi connectivity index (χ0) is 20.3. The summed E-state index contributed by atoms with van der Waals surface area (Å²) in [5.74, 6) is 0.680. The first-order chi connectivity index (χ1) is 14.0. The lowest BCUT2D eigenvalue weighted by molar-refractivity contribution is -0.134. The number of anilines is 1. The van der Waals surface area contributed by atoms with Crippen molar-refractivity contribution in [1.82, 2.24) is 4.98 Å². The van der Waals surface area contributed by atoms with Gasteiger partial charge in [0, 0.05) is 16.6 Å². The largest absolute Gasteiger partial charge is 0.483 e. The van der Waals surface area contributed by atoms with E-state index in [1.165, 1.54) is 11.3 Å². The highest BCUT2D eigenvalue weighted by Crippen LogP contribution is 2.50. The molecule has 0 N–H and O–H groups in total. The maximum absolute atomic E-state index is 13.6. The topological polar surface area (TPSA) is 59.5 Å². The van der Waals surface area contributed by atoms with Crippen LogP contribution in [0, 0.1) is 17.8 Å². The standard InChI is InChI=1S/C22H21ClN2O3S/c1-11-9-15-16(10-12(11)2)28-20-17(19(15)26)18(13-3-5-14(23)6-4-13)25(21(20)27)22-24-7-8-29-22/h3-8,11-12,15-16,18H,9-10H2,1-2H3. The Morgan fingerprint density at radius 3 is 2.55 bits per heavy atom. The molecule has 1 amide bonds. The van der Waals surface area contributed by atoms with Crippen LogP contribution in [0.25, 0.3) is 0 Å². The molecule has 1 aromatic heterocycles. The predicted molar refractivity (Wildman–Crippen MR) is 112 cm³/mol. The normalized spacial score (nSPS) is 31.6. The first-order valence-corrected chi connectivity index (χ1v) is 11.1. The summed E-state index contributed by atoms with van der Waals surface area (Å²) in [4.78, 5) is 33.0. The van der Waals surface area contributed by atoms with Gasteiger partial charge in [-0.1, -0.05) is 37.6 Å². The van der Waals surface area contributed by atoms with Crippen LogP contribution in [0.2, 0.25) is 5.02 Å². The van der Waals surface area contributed by atoms with Gasteiger partial charge in [-0.05, 0) is 42.4 Å². The van der Waals surface area contributed by atoms with Gasteiger partial charge in [0.1, 0.15) is 6.10 Å². The maximum Gasteiger partial charge on any atom is 0.296 e. The van der Waals surface area contributed by atoms with Gasteiger partial charge in [-0.2, -0.15) is 0 Å². The van der Waals surface area contributed by atoms with Crippen molar-refractivity contribution in [3.8, 4) is 0 Å². The lowest BCUT2D eigenvalue weighted by Gasteiger charge is -2.40. The number of carbonyl (C=O) groups is 2. The second-order valence-electron chi connectivity index (χ2n) is 8.24. The molecule has 29 heavy (non-hydrogen) atoms. The van der Waals surface area contributed by atoms with E-state index in [0.717, 1.165) is 18.4 Å². The molecular formula is C22H21ClN2O3S. The second kappa shape index (κ2) is 6.96. The molecule has 7 heteroatoms. The highest BCUT2D eigenvalue weighted by molar-refractivity contribution is 7.13. The Hall–Kier alpha value is -2.18. The highest BCUT2D eigenvalue weighted by atomic mass is 35.5. The molecular weight excluding hydrogens is 408 g/mol. The van der Waals surface area contributed by atoms with Crippen molar-refractivity contribution in [2.45, 2.75) is 38.8 Å². The molecule has 5 unspecified atom stereocenters. The van der Waals surface area contributed by atoms with Gasteiger partial charge in [0.25, 0.3) is 5.91 Å². The van der Waals surface area contributed by atoms with Gasteiger partial charge in [-0.3, -0.25) is 14.5 Å². The van der Waals surface area contributed by atoms with E-state index in [4.69, 9.17) is 16.3 Å². The number of halogens is 1. The maximum atomic E-state index is 13.6. The number of rotatable bonds is 2. The third-order valence-corrected chi connectivity index (χ3v) is 7.54. The number of ether oxygens (including phenoxy) is 1. The van der Waals surface area contributed by atoms with Crippen molar-refractivity contribution in [2.75, 3.05) is 4.90 Å². The minimum absolute atomic E-state index is 0.0438. The van der Waals surface area contributed by atoms with Crippen LogP contribution < -0.4 is 4.90 Å². The van der Waals surface area contributed by atoms with E-state index in [9.17, 15) is 9.59 Å². The van der Waals surface area contributed by atoms with E-state index in [2.05, 4.69) is 18.8 Å². The third kappa shape index (κ3) is 2.92. The average Bonchev–Trinajstić information content (AvgIpc) is 3.31. The Morgan fingerprint density at radius 2 is 1.86 bits per heavy atom. The summed E-state index contributed by atoms with van der Waals surface area (Å²) in [5, 5.41) is 2.99. The van der Waals surface area contributed by atoms with Gasteiger partial charge in [-0.25, -0.2) is 4.98 Å². The smallest absolute Gasteiger partial charge is 0.296 e. The van der Waals surface area contributed by atoms with Crippen LogP contribution >= 0.6 is 22.9 Å². The lowest BCUT2D eigenvalue weighted by atomic mass is 9.70. The number of aromatic nitrogens is 1. The van der Waals surface area contributed by atoms with E-state index in [-0.39, 0.29) is 29.5 Å². The van der Waals surface area contributed by atoms with Crippen LogP contribution in [-0.2, 0) is 14.3 Å². The molecule has 1 saturated carbocycles. The molecule has 2 aliphatic heterocycles. The molecule has 150 valence electrons. The third-order valence-electron chi connectivity index (χ3n) is 6.52. The number of ketones is 1. The average molecular weight is 429 g/mol. The van der Waals surface area contributed by atoms with Crippen molar-refractivity contribution in [2.24, 2.45) is 17.8 Å². The minimum Gasteiger partial charge on any atom is -0.483 e. The molecule has 5 atom stereocenters. The Balaban J connectivity index is 1.63. The monoisotopic (exact) mass is 428 g/mol. The van der Waals surface area contributed by atoms with Crippen molar-refractivity contribution >= 4 is 39.8 Å². The fourth-order valence-electron chi connectivity index (χ4n) is 4.75. The second-order valence-corrected chi connectivity index (χ2v) is 9.55. The number of hydrogen-bond acceptors (Lipinski definition) is 5. The highest BCUT2D eigenvalue weighted by Gasteiger charge is 2.54. The fourth-order valence-corrected chi connectivity index (χ4v) is 5.55. The van der Waals surface area contributed by atoms with E-state index < -0.39 is 6.04 Å².